The molecule has 0 atom stereocenters. The third-order valence-electron chi connectivity index (χ3n) is 1.32. The lowest BCUT2D eigenvalue weighted by molar-refractivity contribution is 0.381. The Morgan fingerprint density at radius 1 is 0.882 bits per heavy atom. The molecule has 0 amide bonds. The molecule has 8 nitrogen and oxygen atoms in total. The smallest absolute Gasteiger partial charge is 0.394 e. The Labute approximate surface area is 98.5 Å². The summed E-state index contributed by atoms with van der Waals surface area (Å²) in [6.45, 7) is 1.84. The van der Waals surface area contributed by atoms with Crippen molar-refractivity contribution in [2.24, 2.45) is 0 Å². The topological polar surface area (TPSA) is 160 Å². The summed E-state index contributed by atoms with van der Waals surface area (Å²) >= 11 is 0. The first-order valence-electron chi connectivity index (χ1n) is 3.74. The van der Waals surface area contributed by atoms with Crippen LogP contribution in [0.5, 0.6) is 0 Å². The fourth-order valence-corrected chi connectivity index (χ4v) is 1.19. The lowest BCUT2D eigenvalue weighted by atomic mass is 10.2. The summed E-state index contributed by atoms with van der Waals surface area (Å²) in [6.07, 6.45) is 0. The van der Waals surface area contributed by atoms with Gasteiger partial charge in [0.05, 0.1) is 4.90 Å². The van der Waals surface area contributed by atoms with Crippen LogP contribution >= 0.6 is 0 Å². The quantitative estimate of drug-likeness (QED) is 0.601. The van der Waals surface area contributed by atoms with Crippen molar-refractivity contribution in [1.29, 1.82) is 0 Å². The fraction of sp³-hybridized carbons (Fsp3) is 0.143. The van der Waals surface area contributed by atoms with Gasteiger partial charge in [0.15, 0.2) is 0 Å². The molecule has 0 aromatic heterocycles. The minimum absolute atomic E-state index is 0. The third-order valence-corrected chi connectivity index (χ3v) is 2.19. The Hall–Kier alpha value is -1.04. The average molecular weight is 288 g/mol. The lowest BCUT2D eigenvalue weighted by Crippen LogP contribution is -1.96. The van der Waals surface area contributed by atoms with Gasteiger partial charge in [0.2, 0.25) is 0 Å². The average Bonchev–Trinajstić information content (AvgIpc) is 1.99. The normalized spacial score (nSPS) is 10.8. The summed E-state index contributed by atoms with van der Waals surface area (Å²) in [5, 5.41) is 0. The minimum atomic E-state index is -4.67. The van der Waals surface area contributed by atoms with Gasteiger partial charge in [-0.15, -0.1) is 0 Å². The molecule has 0 bridgehead atoms. The SMILES string of the molecule is Cc1ccc(S(=O)(=O)O)cc1.O.O=S(=O)(O)O. The van der Waals surface area contributed by atoms with Crippen LogP contribution in [0.3, 0.4) is 0 Å². The van der Waals surface area contributed by atoms with E-state index in [1.807, 2.05) is 6.92 Å². The van der Waals surface area contributed by atoms with Gasteiger partial charge in [-0.2, -0.15) is 16.8 Å². The molecule has 1 rings (SSSR count). The predicted octanol–water partition coefficient (Wildman–Crippen LogP) is -0.236. The molecule has 17 heavy (non-hydrogen) atoms. The van der Waals surface area contributed by atoms with Gasteiger partial charge in [0, 0.05) is 0 Å². The number of benzene rings is 1. The van der Waals surface area contributed by atoms with E-state index in [2.05, 4.69) is 0 Å². The summed E-state index contributed by atoms with van der Waals surface area (Å²) in [6, 6.07) is 5.99. The first kappa shape index (κ1) is 18.3. The van der Waals surface area contributed by atoms with Gasteiger partial charge in [0.1, 0.15) is 0 Å². The van der Waals surface area contributed by atoms with Crippen molar-refractivity contribution >= 4 is 20.5 Å². The van der Waals surface area contributed by atoms with Crippen LogP contribution < -0.4 is 0 Å². The summed E-state index contributed by atoms with van der Waals surface area (Å²) in [4.78, 5) is -0.0666. The Balaban J connectivity index is 0. The Bertz CT molecular complexity index is 520. The van der Waals surface area contributed by atoms with Crippen LogP contribution in [0.2, 0.25) is 0 Å². The lowest BCUT2D eigenvalue weighted by Gasteiger charge is -1.95. The van der Waals surface area contributed by atoms with E-state index in [4.69, 9.17) is 22.1 Å². The summed E-state index contributed by atoms with van der Waals surface area (Å²) in [7, 11) is -8.69. The van der Waals surface area contributed by atoms with Gasteiger partial charge in [-0.1, -0.05) is 17.7 Å². The van der Waals surface area contributed by atoms with E-state index >= 15 is 0 Å². The molecule has 100 valence electrons. The highest BCUT2D eigenvalue weighted by molar-refractivity contribution is 7.85. The van der Waals surface area contributed by atoms with Crippen molar-refractivity contribution in [3.05, 3.63) is 29.8 Å². The number of rotatable bonds is 1. The van der Waals surface area contributed by atoms with Crippen molar-refractivity contribution < 1.29 is 36.0 Å². The molecule has 0 saturated heterocycles. The van der Waals surface area contributed by atoms with E-state index in [0.717, 1.165) is 5.56 Å². The van der Waals surface area contributed by atoms with E-state index < -0.39 is 20.5 Å². The molecule has 0 spiro atoms. The van der Waals surface area contributed by atoms with E-state index in [9.17, 15) is 8.42 Å². The van der Waals surface area contributed by atoms with E-state index in [1.54, 1.807) is 12.1 Å². The molecule has 10 heteroatoms. The highest BCUT2D eigenvalue weighted by Gasteiger charge is 2.06. The molecule has 0 aliphatic rings. The first-order chi connectivity index (χ1) is 7.00. The molecule has 0 aliphatic carbocycles. The van der Waals surface area contributed by atoms with E-state index in [1.165, 1.54) is 12.1 Å². The standard InChI is InChI=1S/C7H8O3S.H2O4S.H2O/c1-6-2-4-7(5-3-6)11(8,9)10;1-5(2,3)4;/h2-5H,1H3,(H,8,9,10);(H2,1,2,3,4);1H2. The van der Waals surface area contributed by atoms with Crippen molar-refractivity contribution in [3.8, 4) is 0 Å². The van der Waals surface area contributed by atoms with Crippen LogP contribution in [0.15, 0.2) is 29.2 Å². The second-order valence-corrected chi connectivity index (χ2v) is 5.05. The maximum absolute atomic E-state index is 10.5. The predicted molar refractivity (Wildman–Crippen MR) is 58.8 cm³/mol. The van der Waals surface area contributed by atoms with Crippen molar-refractivity contribution in [1.82, 2.24) is 0 Å². The van der Waals surface area contributed by atoms with E-state index in [0.29, 0.717) is 0 Å². The van der Waals surface area contributed by atoms with Crippen LogP contribution in [0.1, 0.15) is 5.56 Å². The largest absolute Gasteiger partial charge is 0.412 e. The van der Waals surface area contributed by atoms with Gasteiger partial charge in [-0.3, -0.25) is 13.7 Å². The summed E-state index contributed by atoms with van der Waals surface area (Å²) in [5.41, 5.74) is 0.956. The molecule has 0 aliphatic heterocycles. The minimum Gasteiger partial charge on any atom is -0.412 e. The zero-order valence-electron chi connectivity index (χ0n) is 8.60. The second kappa shape index (κ2) is 6.64. The second-order valence-electron chi connectivity index (χ2n) is 2.74. The Kier molecular flexibility index (Phi) is 7.15. The molecule has 0 unspecified atom stereocenters. The van der Waals surface area contributed by atoms with Crippen LogP contribution in [0.25, 0.3) is 0 Å². The van der Waals surface area contributed by atoms with Gasteiger partial charge < -0.3 is 5.48 Å². The van der Waals surface area contributed by atoms with Crippen LogP contribution in [0.4, 0.5) is 0 Å². The van der Waals surface area contributed by atoms with Gasteiger partial charge in [-0.25, -0.2) is 0 Å². The maximum Gasteiger partial charge on any atom is 0.394 e. The summed E-state index contributed by atoms with van der Waals surface area (Å²) in [5.74, 6) is 0. The van der Waals surface area contributed by atoms with Crippen molar-refractivity contribution in [2.45, 2.75) is 11.8 Å². The fourth-order valence-electron chi connectivity index (χ4n) is 0.710. The molecular formula is C7H12O8S2. The Morgan fingerprint density at radius 2 is 1.18 bits per heavy atom. The van der Waals surface area contributed by atoms with Crippen LogP contribution in [0, 0.1) is 6.92 Å². The third kappa shape index (κ3) is 11.2. The highest BCUT2D eigenvalue weighted by Crippen LogP contribution is 2.08. The zero-order valence-corrected chi connectivity index (χ0v) is 10.2. The number of hydrogen-bond donors (Lipinski definition) is 3. The molecule has 1 aromatic rings. The van der Waals surface area contributed by atoms with Gasteiger partial charge in [0.25, 0.3) is 10.1 Å². The molecule has 0 heterocycles. The summed E-state index contributed by atoms with van der Waals surface area (Å²) < 4.78 is 61.1. The monoisotopic (exact) mass is 288 g/mol. The Morgan fingerprint density at radius 3 is 1.41 bits per heavy atom. The van der Waals surface area contributed by atoms with Crippen molar-refractivity contribution in [3.63, 3.8) is 0 Å². The van der Waals surface area contributed by atoms with Crippen LogP contribution in [-0.2, 0) is 20.5 Å². The number of aryl methyl sites for hydroxylation is 1. The first-order valence-corrected chi connectivity index (χ1v) is 6.58. The zero-order chi connectivity index (χ0) is 13.0. The molecule has 0 saturated carbocycles. The molecule has 0 radical (unpaired) electrons. The number of hydrogen-bond acceptors (Lipinski definition) is 4. The molecular weight excluding hydrogens is 276 g/mol. The highest BCUT2D eigenvalue weighted by atomic mass is 32.3. The molecule has 1 aromatic carbocycles. The van der Waals surface area contributed by atoms with Gasteiger partial charge in [-0.05, 0) is 19.1 Å². The molecule has 0 fully saturated rings. The molecule has 5 N–H and O–H groups in total. The van der Waals surface area contributed by atoms with Crippen molar-refractivity contribution in [2.75, 3.05) is 0 Å². The van der Waals surface area contributed by atoms with Gasteiger partial charge >= 0.3 is 10.4 Å². The maximum atomic E-state index is 10.5. The van der Waals surface area contributed by atoms with E-state index in [-0.39, 0.29) is 10.4 Å². The van der Waals surface area contributed by atoms with Crippen LogP contribution in [-0.4, -0.2) is 36.0 Å².